The first-order valence-corrected chi connectivity index (χ1v) is 4.62. The average Bonchev–Trinajstić information content (AvgIpc) is 2.10. The van der Waals surface area contributed by atoms with Gasteiger partial charge in [-0.25, -0.2) is 4.89 Å². The van der Waals surface area contributed by atoms with Gasteiger partial charge in [-0.05, 0) is 37.5 Å². The minimum atomic E-state index is -0.0580. The summed E-state index contributed by atoms with van der Waals surface area (Å²) in [4.78, 5) is 4.98. The lowest BCUT2D eigenvalue weighted by atomic mass is 10.0. The maximum atomic E-state index is 4.98. The topological polar surface area (TPSA) is 18.5 Å². The summed E-state index contributed by atoms with van der Waals surface area (Å²) < 4.78 is 4.46. The Morgan fingerprint density at radius 2 is 2.00 bits per heavy atom. The van der Waals surface area contributed by atoms with E-state index in [1.54, 1.807) is 0 Å². The minimum absolute atomic E-state index is 0.0580. The highest BCUT2D eigenvalue weighted by atomic mass is 28.2. The number of benzene rings is 1. The maximum absolute atomic E-state index is 4.98. The van der Waals surface area contributed by atoms with E-state index in [9.17, 15) is 0 Å². The smallest absolute Gasteiger partial charge is 0.288 e. The predicted molar refractivity (Wildman–Crippen MR) is 52.3 cm³/mol. The van der Waals surface area contributed by atoms with E-state index >= 15 is 0 Å². The Labute approximate surface area is 82.3 Å². The number of rotatable bonds is 3. The van der Waals surface area contributed by atoms with Crippen molar-refractivity contribution in [1.82, 2.24) is 0 Å². The van der Waals surface area contributed by atoms with Crippen LogP contribution in [0.3, 0.4) is 0 Å². The van der Waals surface area contributed by atoms with E-state index in [-0.39, 0.29) is 6.10 Å². The fourth-order valence-corrected chi connectivity index (χ4v) is 1.48. The number of aryl methyl sites for hydroxylation is 1. The third-order valence-electron chi connectivity index (χ3n) is 2.28. The third-order valence-corrected chi connectivity index (χ3v) is 2.37. The lowest BCUT2D eigenvalue weighted by Crippen LogP contribution is -2.02. The Balaban J connectivity index is 2.93. The normalized spacial score (nSPS) is 12.9. The van der Waals surface area contributed by atoms with Crippen LogP contribution in [0.15, 0.2) is 18.2 Å². The highest BCUT2D eigenvalue weighted by Gasteiger charge is 2.09. The molecule has 1 atom stereocenters. The molecule has 0 aliphatic carbocycles. The Bertz CT molecular complexity index is 286. The van der Waals surface area contributed by atoms with Gasteiger partial charge in [0.05, 0.1) is 0 Å². The Morgan fingerprint density at radius 3 is 2.62 bits per heavy atom. The molecule has 1 aromatic carbocycles. The van der Waals surface area contributed by atoms with Gasteiger partial charge in [0.15, 0.2) is 0 Å². The Hall–Kier alpha value is -0.643. The molecule has 0 saturated heterocycles. The van der Waals surface area contributed by atoms with Crippen molar-refractivity contribution in [2.24, 2.45) is 0 Å². The molecular formula is C10H13O2Si. The van der Waals surface area contributed by atoms with Gasteiger partial charge in [-0.15, -0.1) is 0 Å². The van der Waals surface area contributed by atoms with Crippen LogP contribution in [0.25, 0.3) is 0 Å². The molecule has 0 aromatic heterocycles. The summed E-state index contributed by atoms with van der Waals surface area (Å²) in [6, 6.07) is 6.14. The molecule has 3 heteroatoms. The molecule has 1 unspecified atom stereocenters. The lowest BCUT2D eigenvalue weighted by Gasteiger charge is -2.14. The summed E-state index contributed by atoms with van der Waals surface area (Å²) in [7, 11) is 2.81. The molecule has 0 heterocycles. The predicted octanol–water partition coefficient (Wildman–Crippen LogP) is 2.40. The summed E-state index contributed by atoms with van der Waals surface area (Å²) in [5, 5.41) is 0. The van der Waals surface area contributed by atoms with Crippen LogP contribution in [0.5, 0.6) is 0 Å². The second-order valence-electron chi connectivity index (χ2n) is 3.11. The van der Waals surface area contributed by atoms with E-state index in [2.05, 4.69) is 35.0 Å². The largest absolute Gasteiger partial charge is 0.302 e. The Morgan fingerprint density at radius 1 is 1.31 bits per heavy atom. The number of hydrogen-bond donors (Lipinski definition) is 0. The SMILES string of the molecule is Cc1cccc(C(C)OO[Si])c1C. The van der Waals surface area contributed by atoms with Gasteiger partial charge in [0, 0.05) is 0 Å². The van der Waals surface area contributed by atoms with Crippen LogP contribution in [-0.4, -0.2) is 10.5 Å². The molecule has 0 bridgehead atoms. The molecule has 1 rings (SSSR count). The van der Waals surface area contributed by atoms with Crippen molar-refractivity contribution in [2.45, 2.75) is 26.9 Å². The molecule has 13 heavy (non-hydrogen) atoms. The van der Waals surface area contributed by atoms with E-state index in [0.29, 0.717) is 0 Å². The molecule has 0 fully saturated rings. The summed E-state index contributed by atoms with van der Waals surface area (Å²) in [6.07, 6.45) is -0.0580. The summed E-state index contributed by atoms with van der Waals surface area (Å²) in [6.45, 7) is 6.11. The molecule has 3 radical (unpaired) electrons. The van der Waals surface area contributed by atoms with Gasteiger partial charge in [-0.2, -0.15) is 0 Å². The quantitative estimate of drug-likeness (QED) is 0.417. The lowest BCUT2D eigenvalue weighted by molar-refractivity contribution is -0.240. The molecule has 0 aliphatic rings. The highest BCUT2D eigenvalue weighted by molar-refractivity contribution is 5.97. The molecule has 69 valence electrons. The van der Waals surface area contributed by atoms with Crippen LogP contribution < -0.4 is 0 Å². The second kappa shape index (κ2) is 4.55. The first kappa shape index (κ1) is 10.4. The number of hydrogen-bond acceptors (Lipinski definition) is 2. The van der Waals surface area contributed by atoms with Crippen LogP contribution >= 0.6 is 0 Å². The van der Waals surface area contributed by atoms with Crippen molar-refractivity contribution in [3.63, 3.8) is 0 Å². The second-order valence-corrected chi connectivity index (χ2v) is 3.28. The zero-order chi connectivity index (χ0) is 9.84. The highest BCUT2D eigenvalue weighted by Crippen LogP contribution is 2.22. The fourth-order valence-electron chi connectivity index (χ4n) is 1.34. The van der Waals surface area contributed by atoms with Crippen LogP contribution in [-0.2, 0) is 9.46 Å². The third kappa shape index (κ3) is 2.40. The summed E-state index contributed by atoms with van der Waals surface area (Å²) >= 11 is 0. The van der Waals surface area contributed by atoms with Crippen LogP contribution in [0.4, 0.5) is 0 Å². The van der Waals surface area contributed by atoms with Crippen molar-refractivity contribution in [3.8, 4) is 0 Å². The molecule has 0 N–H and O–H groups in total. The standard InChI is InChI=1S/C10H13O2Si/c1-7-5-4-6-10(8(7)2)9(3)11-12-13/h4-6,9H,1-3H3. The maximum Gasteiger partial charge on any atom is 0.302 e. The van der Waals surface area contributed by atoms with Crippen LogP contribution in [0, 0.1) is 13.8 Å². The zero-order valence-corrected chi connectivity index (χ0v) is 9.13. The molecule has 0 spiro atoms. The summed E-state index contributed by atoms with van der Waals surface area (Å²) in [5.74, 6) is 0. The van der Waals surface area contributed by atoms with Crippen molar-refractivity contribution < 1.29 is 9.46 Å². The average molecular weight is 193 g/mol. The zero-order valence-electron chi connectivity index (χ0n) is 8.13. The van der Waals surface area contributed by atoms with Crippen molar-refractivity contribution in [3.05, 3.63) is 34.9 Å². The fraction of sp³-hybridized carbons (Fsp3) is 0.400. The van der Waals surface area contributed by atoms with E-state index in [1.165, 1.54) is 11.1 Å². The first-order chi connectivity index (χ1) is 6.16. The van der Waals surface area contributed by atoms with Crippen LogP contribution in [0.1, 0.15) is 29.7 Å². The molecule has 0 saturated carbocycles. The van der Waals surface area contributed by atoms with Gasteiger partial charge in [-0.1, -0.05) is 18.2 Å². The van der Waals surface area contributed by atoms with Gasteiger partial charge in [0.2, 0.25) is 0 Å². The molecule has 1 aromatic rings. The van der Waals surface area contributed by atoms with Gasteiger partial charge < -0.3 is 0 Å². The van der Waals surface area contributed by atoms with Crippen molar-refractivity contribution in [2.75, 3.05) is 0 Å². The molecule has 0 aliphatic heterocycles. The van der Waals surface area contributed by atoms with Gasteiger partial charge in [0.1, 0.15) is 6.10 Å². The van der Waals surface area contributed by atoms with E-state index in [1.807, 2.05) is 19.1 Å². The van der Waals surface area contributed by atoms with Crippen molar-refractivity contribution in [1.29, 1.82) is 0 Å². The van der Waals surface area contributed by atoms with Crippen molar-refractivity contribution >= 4 is 10.5 Å². The van der Waals surface area contributed by atoms with E-state index in [0.717, 1.165) is 5.56 Å². The Kier molecular flexibility index (Phi) is 3.66. The van der Waals surface area contributed by atoms with E-state index in [4.69, 9.17) is 4.89 Å². The van der Waals surface area contributed by atoms with E-state index < -0.39 is 0 Å². The monoisotopic (exact) mass is 193 g/mol. The minimum Gasteiger partial charge on any atom is -0.288 e. The first-order valence-electron chi connectivity index (χ1n) is 4.22. The van der Waals surface area contributed by atoms with Crippen LogP contribution in [0.2, 0.25) is 0 Å². The van der Waals surface area contributed by atoms with Gasteiger partial charge >= 0.3 is 10.5 Å². The van der Waals surface area contributed by atoms with Gasteiger partial charge in [0.25, 0.3) is 0 Å². The van der Waals surface area contributed by atoms with Gasteiger partial charge in [-0.3, -0.25) is 4.58 Å². The molecular weight excluding hydrogens is 180 g/mol. The summed E-state index contributed by atoms with van der Waals surface area (Å²) in [5.41, 5.74) is 3.67. The molecule has 0 amide bonds. The molecule has 2 nitrogen and oxygen atoms in total.